The number of carboxylic acid groups (broad SMARTS) is 1. The summed E-state index contributed by atoms with van der Waals surface area (Å²) >= 11 is 0. The topological polar surface area (TPSA) is 76.0 Å². The summed E-state index contributed by atoms with van der Waals surface area (Å²) in [7, 11) is 1.49. The summed E-state index contributed by atoms with van der Waals surface area (Å²) in [5.41, 5.74) is 0. The molecular formula is C22H40O5. The van der Waals surface area contributed by atoms with Gasteiger partial charge in [-0.05, 0) is 50.4 Å². The van der Waals surface area contributed by atoms with Crippen LogP contribution in [-0.4, -0.2) is 42.3 Å². The molecule has 2 N–H and O–H groups in total. The quantitative estimate of drug-likeness (QED) is 0.224. The first-order valence-corrected chi connectivity index (χ1v) is 10.8. The molecule has 0 radical (unpaired) electrons. The van der Waals surface area contributed by atoms with Crippen LogP contribution in [0.2, 0.25) is 0 Å². The fourth-order valence-electron chi connectivity index (χ4n) is 4.00. The maximum Gasteiger partial charge on any atom is 0.332 e. The van der Waals surface area contributed by atoms with Crippen molar-refractivity contribution in [3.63, 3.8) is 0 Å². The van der Waals surface area contributed by atoms with E-state index in [-0.39, 0.29) is 12.9 Å². The van der Waals surface area contributed by atoms with E-state index < -0.39 is 12.1 Å². The number of aliphatic carboxylic acids is 1. The van der Waals surface area contributed by atoms with Crippen LogP contribution < -0.4 is 0 Å². The molecule has 0 heterocycles. The Morgan fingerprint density at radius 2 is 1.93 bits per heavy atom. The smallest absolute Gasteiger partial charge is 0.332 e. The van der Waals surface area contributed by atoms with Crippen molar-refractivity contribution in [3.8, 4) is 0 Å². The Morgan fingerprint density at radius 1 is 1.15 bits per heavy atom. The van der Waals surface area contributed by atoms with E-state index in [2.05, 4.69) is 19.1 Å². The Bertz CT molecular complexity index is 410. The molecule has 1 aliphatic rings. The second-order valence-corrected chi connectivity index (χ2v) is 7.79. The van der Waals surface area contributed by atoms with Crippen LogP contribution in [0.1, 0.15) is 84.0 Å². The number of aliphatic hydroxyl groups excluding tert-OH is 1. The highest BCUT2D eigenvalue weighted by atomic mass is 16.7. The van der Waals surface area contributed by atoms with Crippen LogP contribution in [0.4, 0.5) is 0 Å². The minimum Gasteiger partial charge on any atom is -0.479 e. The van der Waals surface area contributed by atoms with Gasteiger partial charge in [0, 0.05) is 7.11 Å². The van der Waals surface area contributed by atoms with E-state index in [1.54, 1.807) is 0 Å². The first kappa shape index (κ1) is 24.1. The average molecular weight is 385 g/mol. The van der Waals surface area contributed by atoms with E-state index in [4.69, 9.17) is 14.6 Å². The maximum absolute atomic E-state index is 11.1. The van der Waals surface area contributed by atoms with Gasteiger partial charge in [0.15, 0.2) is 6.10 Å². The highest BCUT2D eigenvalue weighted by molar-refractivity contribution is 5.72. The van der Waals surface area contributed by atoms with Gasteiger partial charge in [0.05, 0.1) is 6.10 Å². The number of carbonyl (C=O) groups is 1. The third kappa shape index (κ3) is 10.3. The SMILES string of the molecule is CCCCCCC=C[C@H]1CC[C@H](O)[C@@H]1CCCCCC(OCOC)C(=O)O. The predicted octanol–water partition coefficient (Wildman–Crippen LogP) is 4.92. The van der Waals surface area contributed by atoms with Crippen LogP contribution in [0.5, 0.6) is 0 Å². The number of hydrogen-bond donors (Lipinski definition) is 2. The second-order valence-electron chi connectivity index (χ2n) is 7.79. The summed E-state index contributed by atoms with van der Waals surface area (Å²) in [4.78, 5) is 11.1. The predicted molar refractivity (Wildman–Crippen MR) is 108 cm³/mol. The first-order chi connectivity index (χ1) is 13.1. The number of aliphatic hydroxyl groups is 1. The van der Waals surface area contributed by atoms with Gasteiger partial charge in [-0.2, -0.15) is 0 Å². The van der Waals surface area contributed by atoms with Gasteiger partial charge in [-0.25, -0.2) is 4.79 Å². The van der Waals surface area contributed by atoms with Crippen molar-refractivity contribution in [2.45, 2.75) is 96.2 Å². The molecule has 0 spiro atoms. The van der Waals surface area contributed by atoms with E-state index in [9.17, 15) is 9.90 Å². The molecule has 0 saturated heterocycles. The molecule has 0 aromatic heterocycles. The number of hydrogen-bond acceptors (Lipinski definition) is 4. The van der Waals surface area contributed by atoms with Crippen molar-refractivity contribution >= 4 is 5.97 Å². The Balaban J connectivity index is 2.24. The molecule has 0 bridgehead atoms. The van der Waals surface area contributed by atoms with E-state index in [0.29, 0.717) is 18.3 Å². The maximum atomic E-state index is 11.1. The van der Waals surface area contributed by atoms with Crippen molar-refractivity contribution in [1.29, 1.82) is 0 Å². The Morgan fingerprint density at radius 3 is 2.63 bits per heavy atom. The molecule has 0 amide bonds. The largest absolute Gasteiger partial charge is 0.479 e. The van der Waals surface area contributed by atoms with E-state index in [1.165, 1.54) is 32.8 Å². The van der Waals surface area contributed by atoms with E-state index in [0.717, 1.165) is 44.9 Å². The van der Waals surface area contributed by atoms with Gasteiger partial charge >= 0.3 is 5.97 Å². The summed E-state index contributed by atoms with van der Waals surface area (Å²) < 4.78 is 9.96. The summed E-state index contributed by atoms with van der Waals surface area (Å²) in [6.07, 6.45) is 16.3. The molecule has 1 unspecified atom stereocenters. The lowest BCUT2D eigenvalue weighted by molar-refractivity contribution is -0.159. The molecule has 0 aliphatic heterocycles. The molecular weight excluding hydrogens is 344 g/mol. The molecule has 5 heteroatoms. The van der Waals surface area contributed by atoms with Crippen LogP contribution >= 0.6 is 0 Å². The molecule has 1 rings (SSSR count). The summed E-state index contributed by atoms with van der Waals surface area (Å²) in [6, 6.07) is 0. The molecule has 4 atom stereocenters. The number of carboxylic acids is 1. The van der Waals surface area contributed by atoms with Crippen LogP contribution in [0, 0.1) is 11.8 Å². The molecule has 1 saturated carbocycles. The van der Waals surface area contributed by atoms with Crippen molar-refractivity contribution in [3.05, 3.63) is 12.2 Å². The van der Waals surface area contributed by atoms with Crippen LogP contribution in [0.25, 0.3) is 0 Å². The number of allylic oxidation sites excluding steroid dienone is 2. The first-order valence-electron chi connectivity index (χ1n) is 10.8. The molecule has 27 heavy (non-hydrogen) atoms. The lowest BCUT2D eigenvalue weighted by atomic mass is 9.88. The van der Waals surface area contributed by atoms with Gasteiger partial charge in [0.2, 0.25) is 0 Å². The minimum atomic E-state index is -0.928. The highest BCUT2D eigenvalue weighted by Crippen LogP contribution is 2.36. The van der Waals surface area contributed by atoms with Gasteiger partial charge in [0.25, 0.3) is 0 Å². The van der Waals surface area contributed by atoms with Crippen molar-refractivity contribution < 1.29 is 24.5 Å². The number of ether oxygens (including phenoxy) is 2. The lowest BCUT2D eigenvalue weighted by Crippen LogP contribution is -2.24. The monoisotopic (exact) mass is 384 g/mol. The molecule has 1 fully saturated rings. The van der Waals surface area contributed by atoms with E-state index >= 15 is 0 Å². The minimum absolute atomic E-state index is 0.0116. The number of rotatable bonds is 16. The van der Waals surface area contributed by atoms with Crippen molar-refractivity contribution in [2.75, 3.05) is 13.9 Å². The Kier molecular flexibility index (Phi) is 13.5. The van der Waals surface area contributed by atoms with Gasteiger partial charge in [-0.3, -0.25) is 0 Å². The third-order valence-corrected chi connectivity index (χ3v) is 5.61. The van der Waals surface area contributed by atoms with E-state index in [1.807, 2.05) is 0 Å². The summed E-state index contributed by atoms with van der Waals surface area (Å²) in [6.45, 7) is 2.24. The van der Waals surface area contributed by atoms with Gasteiger partial charge < -0.3 is 19.7 Å². The third-order valence-electron chi connectivity index (χ3n) is 5.61. The van der Waals surface area contributed by atoms with Crippen molar-refractivity contribution in [2.24, 2.45) is 11.8 Å². The average Bonchev–Trinajstić information content (AvgIpc) is 3.00. The number of unbranched alkanes of at least 4 members (excludes halogenated alkanes) is 6. The molecule has 0 aromatic carbocycles. The van der Waals surface area contributed by atoms with Gasteiger partial charge in [0.1, 0.15) is 6.79 Å². The normalized spacial score (nSPS) is 23.9. The Labute approximate surface area is 165 Å². The molecule has 158 valence electrons. The lowest BCUT2D eigenvalue weighted by Gasteiger charge is -2.20. The molecule has 1 aliphatic carbocycles. The zero-order valence-corrected chi connectivity index (χ0v) is 17.3. The Hall–Kier alpha value is -0.910. The van der Waals surface area contributed by atoms with Crippen LogP contribution in [-0.2, 0) is 14.3 Å². The second kappa shape index (κ2) is 15.1. The summed E-state index contributed by atoms with van der Waals surface area (Å²) in [5, 5.41) is 19.4. The number of methoxy groups -OCH3 is 1. The van der Waals surface area contributed by atoms with Crippen molar-refractivity contribution in [1.82, 2.24) is 0 Å². The molecule has 0 aromatic rings. The fourth-order valence-corrected chi connectivity index (χ4v) is 4.00. The van der Waals surface area contributed by atoms with Gasteiger partial charge in [-0.1, -0.05) is 57.6 Å². The fraction of sp³-hybridized carbons (Fsp3) is 0.864. The van der Waals surface area contributed by atoms with Gasteiger partial charge in [-0.15, -0.1) is 0 Å². The standard InChI is InChI=1S/C22H40O5/c1-3-4-5-6-7-9-12-18-15-16-20(23)19(18)13-10-8-11-14-21(22(24)25)27-17-26-2/h9,12,18-21,23H,3-8,10-11,13-17H2,1-2H3,(H,24,25)/t18-,19+,20-,21?/m0/s1. The summed E-state index contributed by atoms with van der Waals surface area (Å²) in [5.74, 6) is -0.0673. The zero-order valence-electron chi connectivity index (χ0n) is 17.3. The zero-order chi connectivity index (χ0) is 19.9. The van der Waals surface area contributed by atoms with Crippen LogP contribution in [0.3, 0.4) is 0 Å². The van der Waals surface area contributed by atoms with Crippen LogP contribution in [0.15, 0.2) is 12.2 Å². The highest BCUT2D eigenvalue weighted by Gasteiger charge is 2.32. The molecule has 5 nitrogen and oxygen atoms in total.